The lowest BCUT2D eigenvalue weighted by Gasteiger charge is -2.34. The summed E-state index contributed by atoms with van der Waals surface area (Å²) in [7, 11) is 0. The zero-order chi connectivity index (χ0) is 17.7. The summed E-state index contributed by atoms with van der Waals surface area (Å²) in [5.41, 5.74) is 2.84. The van der Waals surface area contributed by atoms with Crippen LogP contribution in [0.2, 0.25) is 0 Å². The Morgan fingerprint density at radius 3 is 2.81 bits per heavy atom. The molecule has 1 aromatic carbocycles. The highest BCUT2D eigenvalue weighted by Crippen LogP contribution is 2.44. The van der Waals surface area contributed by atoms with Gasteiger partial charge in [0.2, 0.25) is 5.95 Å². The lowest BCUT2D eigenvalue weighted by molar-refractivity contribution is -0.116. The summed E-state index contributed by atoms with van der Waals surface area (Å²) >= 11 is 5.20. The quantitative estimate of drug-likeness (QED) is 0.654. The fourth-order valence-electron chi connectivity index (χ4n) is 3.83. The average molecular weight is 427 g/mol. The maximum absolute atomic E-state index is 13.2. The highest BCUT2D eigenvalue weighted by atomic mass is 79.9. The summed E-state index contributed by atoms with van der Waals surface area (Å²) in [6.07, 6.45) is 2.90. The van der Waals surface area contributed by atoms with Gasteiger partial charge in [0.25, 0.3) is 0 Å². The smallest absolute Gasteiger partial charge is 0.226 e. The van der Waals surface area contributed by atoms with E-state index in [0.717, 1.165) is 27.7 Å². The summed E-state index contributed by atoms with van der Waals surface area (Å²) < 4.78 is 2.82. The molecule has 1 aliphatic heterocycles. The number of benzene rings is 1. The Morgan fingerprint density at radius 2 is 2.04 bits per heavy atom. The first-order valence-electron chi connectivity index (χ1n) is 8.42. The van der Waals surface area contributed by atoms with Gasteiger partial charge in [-0.15, -0.1) is 11.3 Å². The number of Topliss-reactive ketones (excluding diaryl/α,β-unsaturated/α-hetero) is 1. The van der Waals surface area contributed by atoms with Crippen molar-refractivity contribution in [2.75, 3.05) is 5.32 Å². The molecule has 5 rings (SSSR count). The predicted molar refractivity (Wildman–Crippen MR) is 104 cm³/mol. The van der Waals surface area contributed by atoms with E-state index in [9.17, 15) is 4.79 Å². The molecule has 2 aliphatic rings. The number of allylic oxidation sites excluding steroid dienone is 2. The van der Waals surface area contributed by atoms with E-state index >= 15 is 0 Å². The lowest BCUT2D eigenvalue weighted by atomic mass is 9.80. The number of hydrogen-bond acceptors (Lipinski definition) is 5. The predicted octanol–water partition coefficient (Wildman–Crippen LogP) is 4.52. The van der Waals surface area contributed by atoms with Crippen LogP contribution in [0.1, 0.15) is 35.2 Å². The molecule has 2 aromatic heterocycles. The van der Waals surface area contributed by atoms with Crippen molar-refractivity contribution in [3.63, 3.8) is 0 Å². The first-order valence-corrected chi connectivity index (χ1v) is 10.1. The van der Waals surface area contributed by atoms with Gasteiger partial charge in [0, 0.05) is 33.0 Å². The normalized spacial score (nSPS) is 22.0. The second-order valence-corrected chi connectivity index (χ2v) is 8.44. The fraction of sp³-hybridized carbons (Fsp3) is 0.211. The average Bonchev–Trinajstić information content (AvgIpc) is 3.32. The van der Waals surface area contributed by atoms with Crippen molar-refractivity contribution in [3.8, 4) is 0 Å². The largest absolute Gasteiger partial charge is 0.328 e. The van der Waals surface area contributed by atoms with E-state index in [1.807, 2.05) is 35.0 Å². The molecule has 0 radical (unpaired) electrons. The number of aromatic nitrogens is 3. The number of carbonyl (C=O) groups excluding carboxylic acids is 1. The summed E-state index contributed by atoms with van der Waals surface area (Å²) in [4.78, 5) is 18.8. The Bertz CT molecular complexity index is 1010. The van der Waals surface area contributed by atoms with Crippen LogP contribution in [0.3, 0.4) is 0 Å². The van der Waals surface area contributed by atoms with E-state index in [4.69, 9.17) is 0 Å². The van der Waals surface area contributed by atoms with Gasteiger partial charge in [-0.05, 0) is 35.6 Å². The molecule has 1 N–H and O–H groups in total. The summed E-state index contributed by atoms with van der Waals surface area (Å²) in [6.45, 7) is 0. The Hall–Kier alpha value is -2.25. The van der Waals surface area contributed by atoms with Crippen molar-refractivity contribution in [1.82, 2.24) is 14.8 Å². The molecule has 0 unspecified atom stereocenters. The van der Waals surface area contributed by atoms with Crippen LogP contribution in [-0.4, -0.2) is 20.5 Å². The molecule has 0 amide bonds. The number of halogens is 1. The Kier molecular flexibility index (Phi) is 3.79. The number of thiophene rings is 1. The van der Waals surface area contributed by atoms with Gasteiger partial charge in [0.15, 0.2) is 5.78 Å². The monoisotopic (exact) mass is 426 g/mol. The first kappa shape index (κ1) is 16.0. The number of nitrogens with one attached hydrogen (secondary N) is 1. The van der Waals surface area contributed by atoms with E-state index in [0.29, 0.717) is 12.4 Å². The van der Waals surface area contributed by atoms with Gasteiger partial charge < -0.3 is 5.32 Å². The standard InChI is InChI=1S/C19H15BrN4OS/c20-13-5-3-11(4-6-13)18-17-14(23-19-21-10-22-24(18)19)8-12(9-15(17)25)16-2-1-7-26-16/h1-7,10,12,18H,8-9H2,(H,21,22,23)/t12-,18+/m1/s1. The van der Waals surface area contributed by atoms with E-state index in [1.165, 1.54) is 11.2 Å². The number of anilines is 1. The van der Waals surface area contributed by atoms with Crippen LogP contribution >= 0.6 is 27.3 Å². The Labute approximate surface area is 162 Å². The molecule has 3 aromatic rings. The van der Waals surface area contributed by atoms with E-state index < -0.39 is 0 Å². The minimum absolute atomic E-state index is 0.186. The van der Waals surface area contributed by atoms with Gasteiger partial charge in [-0.1, -0.05) is 34.1 Å². The van der Waals surface area contributed by atoms with Crippen molar-refractivity contribution in [3.05, 3.63) is 74.3 Å². The van der Waals surface area contributed by atoms with Crippen LogP contribution in [-0.2, 0) is 4.79 Å². The van der Waals surface area contributed by atoms with Crippen molar-refractivity contribution >= 4 is 39.0 Å². The summed E-state index contributed by atoms with van der Waals surface area (Å²) in [5, 5.41) is 9.80. The highest BCUT2D eigenvalue weighted by molar-refractivity contribution is 9.10. The van der Waals surface area contributed by atoms with Gasteiger partial charge in [0.1, 0.15) is 12.4 Å². The zero-order valence-corrected chi connectivity index (χ0v) is 16.1. The number of hydrogen-bond donors (Lipinski definition) is 1. The topological polar surface area (TPSA) is 59.8 Å². The molecule has 0 fully saturated rings. The number of fused-ring (bicyclic) bond motifs is 1. The number of nitrogens with zero attached hydrogens (tertiary/aromatic N) is 3. The molecule has 3 heterocycles. The SMILES string of the molecule is O=C1C[C@H](c2cccs2)CC2=C1[C@H](c1ccc(Br)cc1)n1ncnc1N2. The number of rotatable bonds is 2. The lowest BCUT2D eigenvalue weighted by Crippen LogP contribution is -2.33. The van der Waals surface area contributed by atoms with Crippen molar-refractivity contribution < 1.29 is 4.79 Å². The minimum Gasteiger partial charge on any atom is -0.328 e. The van der Waals surface area contributed by atoms with Crippen molar-refractivity contribution in [1.29, 1.82) is 0 Å². The van der Waals surface area contributed by atoms with Gasteiger partial charge >= 0.3 is 0 Å². The third kappa shape index (κ3) is 2.54. The number of ketones is 1. The van der Waals surface area contributed by atoms with Gasteiger partial charge in [-0.3, -0.25) is 4.79 Å². The van der Waals surface area contributed by atoms with Crippen LogP contribution in [0.15, 0.2) is 63.8 Å². The van der Waals surface area contributed by atoms with Crippen LogP contribution < -0.4 is 5.32 Å². The third-order valence-electron chi connectivity index (χ3n) is 4.99. The maximum atomic E-state index is 13.2. The molecule has 7 heteroatoms. The Morgan fingerprint density at radius 1 is 1.19 bits per heavy atom. The van der Waals surface area contributed by atoms with E-state index in [2.05, 4.69) is 42.8 Å². The molecule has 26 heavy (non-hydrogen) atoms. The molecule has 0 bridgehead atoms. The van der Waals surface area contributed by atoms with E-state index in [1.54, 1.807) is 11.3 Å². The second-order valence-electron chi connectivity index (χ2n) is 6.54. The molecule has 1 aliphatic carbocycles. The van der Waals surface area contributed by atoms with Crippen LogP contribution in [0, 0.1) is 0 Å². The van der Waals surface area contributed by atoms with Gasteiger partial charge in [-0.2, -0.15) is 10.1 Å². The van der Waals surface area contributed by atoms with E-state index in [-0.39, 0.29) is 17.7 Å². The van der Waals surface area contributed by atoms with Crippen molar-refractivity contribution in [2.45, 2.75) is 24.8 Å². The van der Waals surface area contributed by atoms with Crippen LogP contribution in [0.4, 0.5) is 5.95 Å². The first-order chi connectivity index (χ1) is 12.7. The zero-order valence-electron chi connectivity index (χ0n) is 13.7. The second kappa shape index (κ2) is 6.17. The molecular weight excluding hydrogens is 412 g/mol. The van der Waals surface area contributed by atoms with Gasteiger partial charge in [0.05, 0.1) is 0 Å². The van der Waals surface area contributed by atoms with Gasteiger partial charge in [-0.25, -0.2) is 4.68 Å². The molecular formula is C19H15BrN4OS. The summed E-state index contributed by atoms with van der Waals surface area (Å²) in [6, 6.07) is 12.0. The maximum Gasteiger partial charge on any atom is 0.226 e. The van der Waals surface area contributed by atoms with Crippen LogP contribution in [0.5, 0.6) is 0 Å². The Balaban J connectivity index is 1.62. The molecule has 0 saturated heterocycles. The van der Waals surface area contributed by atoms with Crippen molar-refractivity contribution in [2.24, 2.45) is 0 Å². The highest BCUT2D eigenvalue weighted by Gasteiger charge is 2.39. The third-order valence-corrected chi connectivity index (χ3v) is 6.56. The molecule has 2 atom stereocenters. The molecule has 130 valence electrons. The molecule has 5 nitrogen and oxygen atoms in total. The minimum atomic E-state index is -0.228. The molecule has 0 spiro atoms. The fourth-order valence-corrected chi connectivity index (χ4v) is 4.92. The van der Waals surface area contributed by atoms with Crippen LogP contribution in [0.25, 0.3) is 0 Å². The molecule has 0 saturated carbocycles. The summed E-state index contributed by atoms with van der Waals surface area (Å²) in [5.74, 6) is 1.11. The number of carbonyl (C=O) groups is 1.